The lowest BCUT2D eigenvalue weighted by atomic mass is 10.2. The van der Waals surface area contributed by atoms with Crippen LogP contribution in [0.5, 0.6) is 23.0 Å². The molecule has 2 heterocycles. The van der Waals surface area contributed by atoms with Gasteiger partial charge in [-0.2, -0.15) is 0 Å². The number of carbonyl (C=O) groups excluding carboxylic acids is 1. The molecule has 1 aliphatic rings. The van der Waals surface area contributed by atoms with Gasteiger partial charge < -0.3 is 24.3 Å². The molecule has 9 heteroatoms. The summed E-state index contributed by atoms with van der Waals surface area (Å²) >= 11 is 0. The Morgan fingerprint density at radius 1 is 1.14 bits per heavy atom. The summed E-state index contributed by atoms with van der Waals surface area (Å²) < 4.78 is 22.2. The highest BCUT2D eigenvalue weighted by molar-refractivity contribution is 5.91. The second kappa shape index (κ2) is 7.10. The van der Waals surface area contributed by atoms with Crippen LogP contribution in [0.25, 0.3) is 10.9 Å². The number of nitrogens with zero attached hydrogens (tertiary/aromatic N) is 2. The molecule has 0 aliphatic carbocycles. The summed E-state index contributed by atoms with van der Waals surface area (Å²) in [6, 6.07) is 8.24. The first-order chi connectivity index (χ1) is 13.6. The van der Waals surface area contributed by atoms with Gasteiger partial charge in [0.15, 0.2) is 23.0 Å². The van der Waals surface area contributed by atoms with Gasteiger partial charge >= 0.3 is 0 Å². The minimum Gasteiger partial charge on any atom is -0.493 e. The van der Waals surface area contributed by atoms with Crippen molar-refractivity contribution in [1.82, 2.24) is 9.55 Å². The van der Waals surface area contributed by atoms with Crippen LogP contribution in [0.1, 0.15) is 0 Å². The van der Waals surface area contributed by atoms with Gasteiger partial charge in [0.2, 0.25) is 12.7 Å². The van der Waals surface area contributed by atoms with Crippen LogP contribution >= 0.6 is 0 Å². The zero-order chi connectivity index (χ0) is 19.7. The van der Waals surface area contributed by atoms with Crippen LogP contribution in [0.4, 0.5) is 5.69 Å². The highest BCUT2D eigenvalue weighted by atomic mass is 16.7. The first kappa shape index (κ1) is 17.7. The van der Waals surface area contributed by atoms with Gasteiger partial charge in [-0.05, 0) is 18.2 Å². The largest absolute Gasteiger partial charge is 0.493 e. The minimum absolute atomic E-state index is 0.152. The van der Waals surface area contributed by atoms with Gasteiger partial charge in [0.05, 0.1) is 31.4 Å². The van der Waals surface area contributed by atoms with Crippen LogP contribution in [0.3, 0.4) is 0 Å². The third-order valence-corrected chi connectivity index (χ3v) is 4.30. The summed E-state index contributed by atoms with van der Waals surface area (Å²) in [5.74, 6) is 1.69. The maximum absolute atomic E-state index is 12.7. The van der Waals surface area contributed by atoms with E-state index >= 15 is 0 Å². The van der Waals surface area contributed by atoms with Crippen molar-refractivity contribution < 1.29 is 23.7 Å². The van der Waals surface area contributed by atoms with E-state index in [0.29, 0.717) is 39.6 Å². The van der Waals surface area contributed by atoms with Crippen molar-refractivity contribution in [3.63, 3.8) is 0 Å². The van der Waals surface area contributed by atoms with Crippen molar-refractivity contribution in [2.24, 2.45) is 0 Å². The van der Waals surface area contributed by atoms with Crippen molar-refractivity contribution >= 4 is 22.5 Å². The predicted molar refractivity (Wildman–Crippen MR) is 100 cm³/mol. The molecule has 0 radical (unpaired) electrons. The molecule has 9 nitrogen and oxygen atoms in total. The number of aromatic nitrogens is 2. The molecule has 0 fully saturated rings. The van der Waals surface area contributed by atoms with Crippen molar-refractivity contribution in [2.45, 2.75) is 6.54 Å². The Labute approximate surface area is 159 Å². The fraction of sp³-hybridized carbons (Fsp3) is 0.211. The second-order valence-corrected chi connectivity index (χ2v) is 6.02. The van der Waals surface area contributed by atoms with Gasteiger partial charge in [-0.25, -0.2) is 4.98 Å². The molecule has 3 aromatic rings. The number of anilines is 1. The normalized spacial score (nSPS) is 12.1. The third kappa shape index (κ3) is 3.18. The molecule has 1 aromatic heterocycles. The molecule has 0 spiro atoms. The summed E-state index contributed by atoms with van der Waals surface area (Å²) in [4.78, 5) is 29.4. The lowest BCUT2D eigenvalue weighted by Crippen LogP contribution is -2.28. The van der Waals surface area contributed by atoms with Gasteiger partial charge in [0, 0.05) is 17.8 Å². The van der Waals surface area contributed by atoms with Gasteiger partial charge in [-0.15, -0.1) is 0 Å². The van der Waals surface area contributed by atoms with Crippen molar-refractivity contribution in [3.05, 3.63) is 47.0 Å². The average Bonchev–Trinajstić information content (AvgIpc) is 3.17. The third-order valence-electron chi connectivity index (χ3n) is 4.30. The van der Waals surface area contributed by atoms with Gasteiger partial charge in [-0.3, -0.25) is 14.2 Å². The Morgan fingerprint density at radius 3 is 2.68 bits per heavy atom. The molecular formula is C19H17N3O6. The lowest BCUT2D eigenvalue weighted by molar-refractivity contribution is -0.116. The number of nitrogens with one attached hydrogen (secondary N) is 1. The summed E-state index contributed by atoms with van der Waals surface area (Å²) in [6.45, 7) is -0.0380. The van der Waals surface area contributed by atoms with E-state index in [1.165, 1.54) is 25.1 Å². The van der Waals surface area contributed by atoms with E-state index in [9.17, 15) is 9.59 Å². The molecule has 28 heavy (non-hydrogen) atoms. The molecule has 0 saturated heterocycles. The van der Waals surface area contributed by atoms with E-state index in [-0.39, 0.29) is 24.8 Å². The highest BCUT2D eigenvalue weighted by Crippen LogP contribution is 2.34. The topological polar surface area (TPSA) is 101 Å². The monoisotopic (exact) mass is 383 g/mol. The Hall–Kier alpha value is -3.75. The van der Waals surface area contributed by atoms with Crippen molar-refractivity contribution in [2.75, 3.05) is 26.3 Å². The first-order valence-corrected chi connectivity index (χ1v) is 8.39. The Kier molecular flexibility index (Phi) is 4.48. The zero-order valence-corrected chi connectivity index (χ0v) is 15.2. The molecule has 2 aromatic carbocycles. The van der Waals surface area contributed by atoms with E-state index in [1.54, 1.807) is 30.3 Å². The fourth-order valence-electron chi connectivity index (χ4n) is 2.93. The van der Waals surface area contributed by atoms with Crippen LogP contribution in [-0.2, 0) is 11.3 Å². The number of hydrogen-bond acceptors (Lipinski definition) is 7. The van der Waals surface area contributed by atoms with Crippen LogP contribution < -0.4 is 29.8 Å². The maximum atomic E-state index is 12.7. The number of methoxy groups -OCH3 is 2. The van der Waals surface area contributed by atoms with Crippen molar-refractivity contribution in [1.29, 1.82) is 0 Å². The number of amides is 1. The van der Waals surface area contributed by atoms with E-state index in [2.05, 4.69) is 10.3 Å². The van der Waals surface area contributed by atoms with Crippen LogP contribution in [-0.4, -0.2) is 36.5 Å². The lowest BCUT2D eigenvalue weighted by Gasteiger charge is -2.11. The number of ether oxygens (including phenoxy) is 4. The first-order valence-electron chi connectivity index (χ1n) is 8.39. The molecule has 1 aliphatic heterocycles. The molecule has 0 atom stereocenters. The highest BCUT2D eigenvalue weighted by Gasteiger charge is 2.15. The second-order valence-electron chi connectivity index (χ2n) is 6.02. The molecule has 1 amide bonds. The van der Waals surface area contributed by atoms with Gasteiger partial charge in [0.1, 0.15) is 6.54 Å². The molecular weight excluding hydrogens is 366 g/mol. The van der Waals surface area contributed by atoms with Crippen LogP contribution in [0.15, 0.2) is 41.5 Å². The summed E-state index contributed by atoms with van der Waals surface area (Å²) in [5.41, 5.74) is 0.643. The minimum atomic E-state index is -0.373. The van der Waals surface area contributed by atoms with Crippen LogP contribution in [0, 0.1) is 0 Å². The summed E-state index contributed by atoms with van der Waals surface area (Å²) in [6.07, 6.45) is 1.33. The van der Waals surface area contributed by atoms with E-state index in [0.717, 1.165) is 0 Å². The zero-order valence-electron chi connectivity index (χ0n) is 15.2. The van der Waals surface area contributed by atoms with E-state index in [4.69, 9.17) is 18.9 Å². The van der Waals surface area contributed by atoms with E-state index < -0.39 is 0 Å². The number of fused-ring (bicyclic) bond motifs is 2. The Bertz CT molecular complexity index is 1120. The standard InChI is InChI=1S/C19H17N3O6/c1-25-15-6-12-13(7-16(15)26-2)20-9-22(19(12)24)8-18(23)21-11-3-4-14-17(5-11)28-10-27-14/h3-7,9H,8,10H2,1-2H3,(H,21,23). The molecule has 4 rings (SSSR count). The van der Waals surface area contributed by atoms with Gasteiger partial charge in [0.25, 0.3) is 5.56 Å². The predicted octanol–water partition coefficient (Wildman–Crippen LogP) is 1.78. The molecule has 1 N–H and O–H groups in total. The Morgan fingerprint density at radius 2 is 1.89 bits per heavy atom. The number of benzene rings is 2. The molecule has 0 unspecified atom stereocenters. The summed E-state index contributed by atoms with van der Waals surface area (Å²) in [7, 11) is 2.99. The maximum Gasteiger partial charge on any atom is 0.261 e. The van der Waals surface area contributed by atoms with Gasteiger partial charge in [-0.1, -0.05) is 0 Å². The molecule has 0 bridgehead atoms. The molecule has 144 valence electrons. The number of carbonyl (C=O) groups is 1. The van der Waals surface area contributed by atoms with Crippen LogP contribution in [0.2, 0.25) is 0 Å². The number of hydrogen-bond donors (Lipinski definition) is 1. The average molecular weight is 383 g/mol. The summed E-state index contributed by atoms with van der Waals surface area (Å²) in [5, 5.41) is 3.06. The number of rotatable bonds is 5. The van der Waals surface area contributed by atoms with Crippen molar-refractivity contribution in [3.8, 4) is 23.0 Å². The Balaban J connectivity index is 1.58. The SMILES string of the molecule is COc1cc2ncn(CC(=O)Nc3ccc4c(c3)OCO4)c(=O)c2cc1OC. The van der Waals surface area contributed by atoms with E-state index in [1.807, 2.05) is 0 Å². The quantitative estimate of drug-likeness (QED) is 0.717. The smallest absolute Gasteiger partial charge is 0.261 e. The fourth-order valence-corrected chi connectivity index (χ4v) is 2.93. The molecule has 0 saturated carbocycles.